The molecule has 1 atom stereocenters. The summed E-state index contributed by atoms with van der Waals surface area (Å²) in [5.74, 6) is 0.745. The van der Waals surface area contributed by atoms with Gasteiger partial charge in [-0.15, -0.1) is 0 Å². The van der Waals surface area contributed by atoms with Crippen LogP contribution in [0.25, 0.3) is 0 Å². The van der Waals surface area contributed by atoms with Gasteiger partial charge in [-0.25, -0.2) is 0 Å². The normalized spacial score (nSPS) is 12.0. The fourth-order valence-electron chi connectivity index (χ4n) is 1.82. The number of anilines is 1. The first-order valence-corrected chi connectivity index (χ1v) is 7.36. The van der Waals surface area contributed by atoms with E-state index in [1.54, 1.807) is 18.2 Å². The number of hydrogen-bond acceptors (Lipinski definition) is 3. The van der Waals surface area contributed by atoms with Gasteiger partial charge in [-0.3, -0.25) is 0 Å². The molecule has 2 rings (SSSR count). The maximum atomic E-state index is 9.94. The molecule has 0 bridgehead atoms. The summed E-state index contributed by atoms with van der Waals surface area (Å²) in [4.78, 5) is 0. The third kappa shape index (κ3) is 5.12. The largest absolute Gasteiger partial charge is 0.491 e. The van der Waals surface area contributed by atoms with Crippen molar-refractivity contribution in [2.45, 2.75) is 13.0 Å². The van der Waals surface area contributed by atoms with E-state index in [0.29, 0.717) is 22.3 Å². The number of hydrogen-bond donors (Lipinski definition) is 2. The van der Waals surface area contributed by atoms with Crippen molar-refractivity contribution >= 4 is 28.9 Å². The third-order valence-corrected chi connectivity index (χ3v) is 3.45. The summed E-state index contributed by atoms with van der Waals surface area (Å²) in [6, 6.07) is 12.8. The molecule has 0 radical (unpaired) electrons. The zero-order valence-electron chi connectivity index (χ0n) is 11.6. The van der Waals surface area contributed by atoms with Crippen LogP contribution in [0.3, 0.4) is 0 Å². The Kier molecular flexibility index (Phi) is 5.74. The lowest BCUT2D eigenvalue weighted by Crippen LogP contribution is -2.26. The van der Waals surface area contributed by atoms with Crippen molar-refractivity contribution in [1.29, 1.82) is 0 Å². The van der Waals surface area contributed by atoms with Crippen LogP contribution < -0.4 is 10.1 Å². The van der Waals surface area contributed by atoms with Gasteiger partial charge < -0.3 is 15.2 Å². The molecule has 1 unspecified atom stereocenters. The van der Waals surface area contributed by atoms with Crippen LogP contribution in [-0.2, 0) is 0 Å². The van der Waals surface area contributed by atoms with Crippen molar-refractivity contribution in [3.63, 3.8) is 0 Å². The Hall–Kier alpha value is -1.42. The molecule has 3 nitrogen and oxygen atoms in total. The summed E-state index contributed by atoms with van der Waals surface area (Å²) in [5, 5.41) is 14.1. The highest BCUT2D eigenvalue weighted by Crippen LogP contribution is 2.25. The highest BCUT2D eigenvalue weighted by atomic mass is 35.5. The Balaban J connectivity index is 1.82. The fraction of sp³-hybridized carbons (Fsp3) is 0.250. The van der Waals surface area contributed by atoms with Crippen LogP contribution in [-0.4, -0.2) is 24.4 Å². The van der Waals surface area contributed by atoms with Gasteiger partial charge in [0.25, 0.3) is 0 Å². The van der Waals surface area contributed by atoms with Crippen molar-refractivity contribution in [2.75, 3.05) is 18.5 Å². The monoisotopic (exact) mass is 325 g/mol. The number of nitrogens with one attached hydrogen (secondary N) is 1. The molecule has 2 N–H and O–H groups in total. The van der Waals surface area contributed by atoms with Crippen molar-refractivity contribution in [3.05, 3.63) is 58.1 Å². The lowest BCUT2D eigenvalue weighted by atomic mass is 10.2. The molecule has 0 amide bonds. The topological polar surface area (TPSA) is 41.5 Å². The molecule has 0 fully saturated rings. The number of aliphatic hydroxyl groups is 1. The molecule has 112 valence electrons. The maximum Gasteiger partial charge on any atom is 0.119 e. The molecule has 0 spiro atoms. The zero-order valence-corrected chi connectivity index (χ0v) is 13.2. The summed E-state index contributed by atoms with van der Waals surface area (Å²) in [6.07, 6.45) is -0.652. The Labute approximate surface area is 134 Å². The van der Waals surface area contributed by atoms with E-state index in [-0.39, 0.29) is 6.61 Å². The number of ether oxygens (including phenoxy) is 1. The number of rotatable bonds is 6. The van der Waals surface area contributed by atoms with E-state index in [0.717, 1.165) is 11.3 Å². The number of halogens is 2. The van der Waals surface area contributed by atoms with Crippen LogP contribution in [0.2, 0.25) is 10.0 Å². The van der Waals surface area contributed by atoms with Gasteiger partial charge in [0.15, 0.2) is 0 Å². The predicted molar refractivity (Wildman–Crippen MR) is 87.6 cm³/mol. The molecule has 2 aromatic carbocycles. The van der Waals surface area contributed by atoms with Crippen molar-refractivity contribution in [2.24, 2.45) is 0 Å². The standard InChI is InChI=1S/C16H17Cl2NO2/c1-11-3-2-4-14(7-11)21-10-13(20)9-19-16-8-12(17)5-6-15(16)18/h2-8,13,19-20H,9-10H2,1H3. The Morgan fingerprint density at radius 2 is 2.00 bits per heavy atom. The predicted octanol–water partition coefficient (Wildman–Crippen LogP) is 4.15. The lowest BCUT2D eigenvalue weighted by Gasteiger charge is -2.15. The molecule has 0 aliphatic carbocycles. The lowest BCUT2D eigenvalue weighted by molar-refractivity contribution is 0.117. The van der Waals surface area contributed by atoms with Crippen LogP contribution >= 0.6 is 23.2 Å². The van der Waals surface area contributed by atoms with Gasteiger partial charge in [0.2, 0.25) is 0 Å². The van der Waals surface area contributed by atoms with Gasteiger partial charge in [0.1, 0.15) is 18.5 Å². The Morgan fingerprint density at radius 3 is 2.76 bits per heavy atom. The first kappa shape index (κ1) is 16.0. The van der Waals surface area contributed by atoms with E-state index in [4.69, 9.17) is 27.9 Å². The highest BCUT2D eigenvalue weighted by Gasteiger charge is 2.07. The van der Waals surface area contributed by atoms with Crippen LogP contribution in [0.5, 0.6) is 5.75 Å². The van der Waals surface area contributed by atoms with Crippen LogP contribution in [0, 0.1) is 6.92 Å². The van der Waals surface area contributed by atoms with Crippen LogP contribution in [0.1, 0.15) is 5.56 Å². The number of benzene rings is 2. The van der Waals surface area contributed by atoms with Gasteiger partial charge in [-0.05, 0) is 42.8 Å². The van der Waals surface area contributed by atoms with Gasteiger partial charge in [0.05, 0.1) is 10.7 Å². The molecule has 0 saturated heterocycles. The average Bonchev–Trinajstić information content (AvgIpc) is 2.46. The smallest absolute Gasteiger partial charge is 0.119 e. The minimum Gasteiger partial charge on any atom is -0.491 e. The fourth-order valence-corrected chi connectivity index (χ4v) is 2.17. The van der Waals surface area contributed by atoms with E-state index in [9.17, 15) is 5.11 Å². The van der Waals surface area contributed by atoms with Crippen molar-refractivity contribution < 1.29 is 9.84 Å². The molecular formula is C16H17Cl2NO2. The molecule has 5 heteroatoms. The Bertz CT molecular complexity index is 605. The summed E-state index contributed by atoms with van der Waals surface area (Å²) in [6.45, 7) is 2.52. The van der Waals surface area contributed by atoms with Gasteiger partial charge in [-0.1, -0.05) is 35.3 Å². The van der Waals surface area contributed by atoms with Gasteiger partial charge in [0, 0.05) is 11.6 Å². The van der Waals surface area contributed by atoms with Gasteiger partial charge in [-0.2, -0.15) is 0 Å². The first-order valence-electron chi connectivity index (χ1n) is 6.61. The van der Waals surface area contributed by atoms with E-state index in [2.05, 4.69) is 5.32 Å². The van der Waals surface area contributed by atoms with E-state index < -0.39 is 6.10 Å². The van der Waals surface area contributed by atoms with Crippen LogP contribution in [0.4, 0.5) is 5.69 Å². The van der Waals surface area contributed by atoms with E-state index in [1.165, 1.54) is 0 Å². The van der Waals surface area contributed by atoms with E-state index >= 15 is 0 Å². The third-order valence-electron chi connectivity index (χ3n) is 2.89. The van der Waals surface area contributed by atoms with Crippen LogP contribution in [0.15, 0.2) is 42.5 Å². The minimum atomic E-state index is -0.652. The zero-order chi connectivity index (χ0) is 15.2. The maximum absolute atomic E-state index is 9.94. The second kappa shape index (κ2) is 7.55. The SMILES string of the molecule is Cc1cccc(OCC(O)CNc2cc(Cl)ccc2Cl)c1. The molecule has 21 heavy (non-hydrogen) atoms. The molecule has 0 heterocycles. The summed E-state index contributed by atoms with van der Waals surface area (Å²) >= 11 is 11.9. The molecular weight excluding hydrogens is 309 g/mol. The molecule has 0 aliphatic heterocycles. The number of aliphatic hydroxyl groups excluding tert-OH is 1. The molecule has 2 aromatic rings. The molecule has 0 aliphatic rings. The Morgan fingerprint density at radius 1 is 1.19 bits per heavy atom. The minimum absolute atomic E-state index is 0.203. The number of aryl methyl sites for hydroxylation is 1. The second-order valence-electron chi connectivity index (χ2n) is 4.79. The van der Waals surface area contributed by atoms with Gasteiger partial charge >= 0.3 is 0 Å². The quantitative estimate of drug-likeness (QED) is 0.838. The average molecular weight is 326 g/mol. The molecule has 0 aromatic heterocycles. The highest BCUT2D eigenvalue weighted by molar-refractivity contribution is 6.35. The van der Waals surface area contributed by atoms with E-state index in [1.807, 2.05) is 31.2 Å². The van der Waals surface area contributed by atoms with Crippen molar-refractivity contribution in [3.8, 4) is 5.75 Å². The summed E-state index contributed by atoms with van der Waals surface area (Å²) in [5.41, 5.74) is 1.81. The summed E-state index contributed by atoms with van der Waals surface area (Å²) in [7, 11) is 0. The second-order valence-corrected chi connectivity index (χ2v) is 5.63. The first-order chi connectivity index (χ1) is 10.0. The summed E-state index contributed by atoms with van der Waals surface area (Å²) < 4.78 is 5.54. The molecule has 0 saturated carbocycles. The van der Waals surface area contributed by atoms with Crippen molar-refractivity contribution in [1.82, 2.24) is 0 Å².